The average molecular weight is 384 g/mol. The van der Waals surface area contributed by atoms with Gasteiger partial charge in [-0.2, -0.15) is 4.31 Å². The number of benzene rings is 3. The Morgan fingerprint density at radius 3 is 2.48 bits per heavy atom. The predicted molar refractivity (Wildman–Crippen MR) is 105 cm³/mol. The lowest BCUT2D eigenvalue weighted by atomic mass is 10.1. The molecule has 7 heteroatoms. The lowest BCUT2D eigenvalue weighted by Gasteiger charge is -2.17. The van der Waals surface area contributed by atoms with Crippen LogP contribution in [0.25, 0.3) is 10.8 Å². The first-order chi connectivity index (χ1) is 12.9. The van der Waals surface area contributed by atoms with E-state index in [1.54, 1.807) is 42.5 Å². The molecule has 140 valence electrons. The molecule has 0 aromatic heterocycles. The number of sulfonamides is 1. The molecule has 0 saturated heterocycles. The number of carbonyl (C=O) groups is 1. The van der Waals surface area contributed by atoms with Crippen LogP contribution in [0.1, 0.15) is 0 Å². The van der Waals surface area contributed by atoms with Crippen molar-refractivity contribution < 1.29 is 17.9 Å². The summed E-state index contributed by atoms with van der Waals surface area (Å²) in [5.41, 5.74) is 0.538. The number of nitrogens with one attached hydrogen (secondary N) is 1. The number of hydrogen-bond acceptors (Lipinski definition) is 4. The second-order valence-electron chi connectivity index (χ2n) is 6.05. The second-order valence-corrected chi connectivity index (χ2v) is 8.10. The zero-order valence-electron chi connectivity index (χ0n) is 15.0. The van der Waals surface area contributed by atoms with Crippen molar-refractivity contribution in [2.45, 2.75) is 4.90 Å². The van der Waals surface area contributed by atoms with E-state index >= 15 is 0 Å². The molecule has 1 N–H and O–H groups in total. The van der Waals surface area contributed by atoms with Crippen molar-refractivity contribution in [2.24, 2.45) is 0 Å². The molecule has 0 heterocycles. The Labute approximate surface area is 158 Å². The Bertz CT molecular complexity index is 1080. The Balaban J connectivity index is 1.74. The molecule has 0 unspecified atom stereocenters. The van der Waals surface area contributed by atoms with Crippen molar-refractivity contribution in [3.8, 4) is 5.75 Å². The van der Waals surface area contributed by atoms with Crippen LogP contribution < -0.4 is 10.1 Å². The smallest absolute Gasteiger partial charge is 0.243 e. The van der Waals surface area contributed by atoms with Crippen LogP contribution in [0, 0.1) is 0 Å². The third-order valence-electron chi connectivity index (χ3n) is 4.15. The molecule has 6 nitrogen and oxygen atoms in total. The molecule has 0 atom stereocenters. The number of rotatable bonds is 6. The van der Waals surface area contributed by atoms with Crippen molar-refractivity contribution in [1.29, 1.82) is 0 Å². The van der Waals surface area contributed by atoms with Crippen LogP contribution in [0.2, 0.25) is 0 Å². The van der Waals surface area contributed by atoms with Gasteiger partial charge in [0.1, 0.15) is 5.75 Å². The van der Waals surface area contributed by atoms with Gasteiger partial charge in [0.05, 0.1) is 18.6 Å². The van der Waals surface area contributed by atoms with E-state index in [1.807, 2.05) is 24.3 Å². The molecule has 27 heavy (non-hydrogen) atoms. The number of ether oxygens (including phenoxy) is 1. The maximum atomic E-state index is 12.8. The molecule has 0 radical (unpaired) electrons. The number of nitrogens with zero attached hydrogens (tertiary/aromatic N) is 1. The number of anilines is 1. The van der Waals surface area contributed by atoms with E-state index in [0.29, 0.717) is 11.4 Å². The second kappa shape index (κ2) is 7.77. The van der Waals surface area contributed by atoms with Gasteiger partial charge in [-0.15, -0.1) is 0 Å². The van der Waals surface area contributed by atoms with E-state index in [4.69, 9.17) is 4.74 Å². The average Bonchev–Trinajstić information content (AvgIpc) is 2.67. The summed E-state index contributed by atoms with van der Waals surface area (Å²) in [5.74, 6) is 0.167. The minimum atomic E-state index is -3.78. The van der Waals surface area contributed by atoms with Gasteiger partial charge in [0, 0.05) is 18.8 Å². The summed E-state index contributed by atoms with van der Waals surface area (Å²) in [6.45, 7) is -0.299. The number of carbonyl (C=O) groups excluding carboxylic acids is 1. The fourth-order valence-electron chi connectivity index (χ4n) is 2.70. The van der Waals surface area contributed by atoms with Gasteiger partial charge in [0.25, 0.3) is 0 Å². The minimum Gasteiger partial charge on any atom is -0.497 e. The van der Waals surface area contributed by atoms with E-state index in [2.05, 4.69) is 5.32 Å². The molecule has 0 aliphatic carbocycles. The molecular formula is C20H20N2O4S. The van der Waals surface area contributed by atoms with Gasteiger partial charge in [-0.05, 0) is 35.0 Å². The molecule has 3 rings (SSSR count). The van der Waals surface area contributed by atoms with Gasteiger partial charge >= 0.3 is 0 Å². The lowest BCUT2D eigenvalue weighted by molar-refractivity contribution is -0.116. The number of hydrogen-bond donors (Lipinski definition) is 1. The van der Waals surface area contributed by atoms with Gasteiger partial charge in [0.15, 0.2) is 0 Å². The van der Waals surface area contributed by atoms with E-state index in [0.717, 1.165) is 15.1 Å². The summed E-state index contributed by atoms with van der Waals surface area (Å²) in [5, 5.41) is 4.46. The van der Waals surface area contributed by atoms with E-state index in [9.17, 15) is 13.2 Å². The quantitative estimate of drug-likeness (QED) is 0.709. The van der Waals surface area contributed by atoms with Gasteiger partial charge in [-0.25, -0.2) is 8.42 Å². The van der Waals surface area contributed by atoms with E-state index in [-0.39, 0.29) is 11.4 Å². The van der Waals surface area contributed by atoms with Crippen molar-refractivity contribution in [1.82, 2.24) is 4.31 Å². The van der Waals surface area contributed by atoms with Crippen LogP contribution in [0.15, 0.2) is 71.6 Å². The first kappa shape index (κ1) is 18.9. The summed E-state index contributed by atoms with van der Waals surface area (Å²) in [6, 6.07) is 19.3. The summed E-state index contributed by atoms with van der Waals surface area (Å²) < 4.78 is 31.7. The maximum Gasteiger partial charge on any atom is 0.243 e. The zero-order valence-corrected chi connectivity index (χ0v) is 15.9. The number of methoxy groups -OCH3 is 1. The zero-order chi connectivity index (χ0) is 19.4. The Hall–Kier alpha value is -2.90. The molecule has 1 amide bonds. The Morgan fingerprint density at radius 1 is 1.00 bits per heavy atom. The van der Waals surface area contributed by atoms with Gasteiger partial charge in [-0.3, -0.25) is 4.79 Å². The van der Waals surface area contributed by atoms with E-state index in [1.165, 1.54) is 14.2 Å². The van der Waals surface area contributed by atoms with Crippen LogP contribution in [-0.4, -0.2) is 39.3 Å². The molecular weight excluding hydrogens is 364 g/mol. The summed E-state index contributed by atoms with van der Waals surface area (Å²) in [4.78, 5) is 12.4. The van der Waals surface area contributed by atoms with Gasteiger partial charge in [0.2, 0.25) is 15.9 Å². The maximum absolute atomic E-state index is 12.8. The normalized spacial score (nSPS) is 11.5. The molecule has 0 fully saturated rings. The van der Waals surface area contributed by atoms with Crippen molar-refractivity contribution in [3.05, 3.63) is 66.7 Å². The fourth-order valence-corrected chi connectivity index (χ4v) is 3.86. The summed E-state index contributed by atoms with van der Waals surface area (Å²) in [6.07, 6.45) is 0. The van der Waals surface area contributed by atoms with Gasteiger partial charge in [-0.1, -0.05) is 36.4 Å². The topological polar surface area (TPSA) is 75.7 Å². The highest BCUT2D eigenvalue weighted by Gasteiger charge is 2.23. The molecule has 3 aromatic carbocycles. The van der Waals surface area contributed by atoms with Crippen LogP contribution in [0.5, 0.6) is 5.75 Å². The highest BCUT2D eigenvalue weighted by molar-refractivity contribution is 7.89. The first-order valence-electron chi connectivity index (χ1n) is 8.29. The highest BCUT2D eigenvalue weighted by Crippen LogP contribution is 2.21. The van der Waals surface area contributed by atoms with Crippen LogP contribution in [-0.2, 0) is 14.8 Å². The summed E-state index contributed by atoms with van der Waals surface area (Å²) in [7, 11) is -0.866. The molecule has 0 aliphatic heterocycles. The molecule has 3 aromatic rings. The van der Waals surface area contributed by atoms with Crippen LogP contribution >= 0.6 is 0 Å². The SMILES string of the molecule is COc1cccc(NC(=O)CN(C)S(=O)(=O)c2ccc3ccccc3c2)c1. The standard InChI is InChI=1S/C20H20N2O4S/c1-22(14-20(23)21-17-8-5-9-18(13-17)26-2)27(24,25)19-11-10-15-6-3-4-7-16(15)12-19/h3-13H,14H2,1-2H3,(H,21,23). The van der Waals surface area contributed by atoms with E-state index < -0.39 is 15.9 Å². The Kier molecular flexibility index (Phi) is 5.43. The number of amides is 1. The van der Waals surface area contributed by atoms with Crippen molar-refractivity contribution in [2.75, 3.05) is 26.0 Å². The largest absolute Gasteiger partial charge is 0.497 e. The number of likely N-dealkylation sites (N-methyl/N-ethyl adjacent to an activating group) is 1. The third-order valence-corrected chi connectivity index (χ3v) is 5.95. The third kappa shape index (κ3) is 4.27. The first-order valence-corrected chi connectivity index (χ1v) is 9.73. The predicted octanol–water partition coefficient (Wildman–Crippen LogP) is 3.11. The number of fused-ring (bicyclic) bond motifs is 1. The highest BCUT2D eigenvalue weighted by atomic mass is 32.2. The molecule has 0 spiro atoms. The monoisotopic (exact) mass is 384 g/mol. The molecule has 0 bridgehead atoms. The van der Waals surface area contributed by atoms with Crippen molar-refractivity contribution in [3.63, 3.8) is 0 Å². The summed E-state index contributed by atoms with van der Waals surface area (Å²) >= 11 is 0. The molecule has 0 aliphatic rings. The molecule has 0 saturated carbocycles. The minimum absolute atomic E-state index is 0.151. The van der Waals surface area contributed by atoms with Crippen LogP contribution in [0.3, 0.4) is 0 Å². The van der Waals surface area contributed by atoms with Crippen molar-refractivity contribution >= 4 is 32.4 Å². The fraction of sp³-hybridized carbons (Fsp3) is 0.150. The van der Waals surface area contributed by atoms with Gasteiger partial charge < -0.3 is 10.1 Å². The van der Waals surface area contributed by atoms with Crippen LogP contribution in [0.4, 0.5) is 5.69 Å². The lowest BCUT2D eigenvalue weighted by Crippen LogP contribution is -2.34. The Morgan fingerprint density at radius 2 is 1.74 bits per heavy atom.